The van der Waals surface area contributed by atoms with Crippen molar-refractivity contribution < 1.29 is 4.79 Å². The third-order valence-electron chi connectivity index (χ3n) is 5.74. The maximum atomic E-state index is 13.4. The van der Waals surface area contributed by atoms with E-state index in [9.17, 15) is 9.59 Å². The summed E-state index contributed by atoms with van der Waals surface area (Å²) in [4.78, 5) is 31.3. The molecule has 10 nitrogen and oxygen atoms in total. The Kier molecular flexibility index (Phi) is 7.25. The average molecular weight is 547 g/mol. The van der Waals surface area contributed by atoms with Crippen LogP contribution in [0.2, 0.25) is 10.2 Å². The maximum absolute atomic E-state index is 13.4. The van der Waals surface area contributed by atoms with E-state index in [0.29, 0.717) is 27.7 Å². The number of rotatable bonds is 7. The van der Waals surface area contributed by atoms with Gasteiger partial charge in [0, 0.05) is 23.1 Å². The molecule has 0 aliphatic heterocycles. The molecule has 5 rings (SSSR count). The summed E-state index contributed by atoms with van der Waals surface area (Å²) in [6, 6.07) is 18.3. The summed E-state index contributed by atoms with van der Waals surface area (Å²) in [5, 5.41) is 19.2. The first-order valence-electron chi connectivity index (χ1n) is 11.5. The minimum Gasteiger partial charge on any atom is -0.307 e. The summed E-state index contributed by atoms with van der Waals surface area (Å²) in [6.45, 7) is 1.80. The van der Waals surface area contributed by atoms with Crippen LogP contribution in [0.15, 0.2) is 84.0 Å². The summed E-state index contributed by atoms with van der Waals surface area (Å²) in [5.74, 6) is -0.143. The minimum absolute atomic E-state index is 0.210. The van der Waals surface area contributed by atoms with Gasteiger partial charge in [0.1, 0.15) is 6.04 Å². The van der Waals surface area contributed by atoms with Crippen molar-refractivity contribution in [3.63, 3.8) is 0 Å². The normalized spacial score (nSPS) is 11.8. The first-order chi connectivity index (χ1) is 18.4. The Bertz CT molecular complexity index is 1650. The Balaban J connectivity index is 1.53. The van der Waals surface area contributed by atoms with E-state index in [1.54, 1.807) is 37.3 Å². The molecule has 3 aromatic heterocycles. The van der Waals surface area contributed by atoms with Crippen LogP contribution in [0, 0.1) is 6.92 Å². The minimum atomic E-state index is -0.900. The summed E-state index contributed by atoms with van der Waals surface area (Å²) in [7, 11) is 0. The molecule has 0 fully saturated rings. The SMILES string of the molecule is Cc1ccc(NC(=O)C(Cc2ccccc2)n2cnc(-c3cc(Cl)ccc3-n3cc(Cl)nn3)cc2=O)nn1. The second-order valence-electron chi connectivity index (χ2n) is 8.42. The van der Waals surface area contributed by atoms with Crippen LogP contribution in [0.5, 0.6) is 0 Å². The molecule has 0 spiro atoms. The molecule has 0 bridgehead atoms. The highest BCUT2D eigenvalue weighted by molar-refractivity contribution is 6.31. The topological polar surface area (TPSA) is 120 Å². The van der Waals surface area contributed by atoms with Gasteiger partial charge in [-0.2, -0.15) is 5.10 Å². The predicted molar refractivity (Wildman–Crippen MR) is 143 cm³/mol. The third-order valence-corrected chi connectivity index (χ3v) is 6.15. The van der Waals surface area contributed by atoms with E-state index in [0.717, 1.165) is 5.56 Å². The number of carbonyl (C=O) groups is 1. The van der Waals surface area contributed by atoms with Gasteiger partial charge in [-0.15, -0.1) is 10.2 Å². The number of carbonyl (C=O) groups excluding carboxylic acids is 1. The van der Waals surface area contributed by atoms with Gasteiger partial charge in [0.25, 0.3) is 5.56 Å². The van der Waals surface area contributed by atoms with E-state index >= 15 is 0 Å². The quantitative estimate of drug-likeness (QED) is 0.322. The fourth-order valence-corrected chi connectivity index (χ4v) is 4.19. The number of aryl methyl sites for hydroxylation is 1. The predicted octanol–water partition coefficient (Wildman–Crippen LogP) is 4.32. The summed E-state index contributed by atoms with van der Waals surface area (Å²) in [5.41, 5.74) is 2.63. The van der Waals surface area contributed by atoms with Crippen molar-refractivity contribution in [3.8, 4) is 16.9 Å². The zero-order valence-corrected chi connectivity index (χ0v) is 21.5. The highest BCUT2D eigenvalue weighted by Gasteiger charge is 2.24. The van der Waals surface area contributed by atoms with E-state index in [1.807, 2.05) is 30.3 Å². The first kappa shape index (κ1) is 25.2. The van der Waals surface area contributed by atoms with Gasteiger partial charge in [0.05, 0.1) is 29.6 Å². The van der Waals surface area contributed by atoms with Crippen LogP contribution in [-0.2, 0) is 11.2 Å². The van der Waals surface area contributed by atoms with Gasteiger partial charge in [-0.3, -0.25) is 14.2 Å². The Morgan fingerprint density at radius 3 is 2.50 bits per heavy atom. The van der Waals surface area contributed by atoms with E-state index < -0.39 is 17.5 Å². The molecule has 1 atom stereocenters. The second kappa shape index (κ2) is 10.9. The second-order valence-corrected chi connectivity index (χ2v) is 9.25. The van der Waals surface area contributed by atoms with Crippen molar-refractivity contribution in [1.82, 2.24) is 34.7 Å². The highest BCUT2D eigenvalue weighted by atomic mass is 35.5. The number of nitrogens with zero attached hydrogens (tertiary/aromatic N) is 7. The zero-order valence-electron chi connectivity index (χ0n) is 20.0. The standard InChI is InChI=1S/C26H20Cl2N8O2/c1-16-7-10-24(33-31-16)30-26(38)22(11-17-5-3-2-4-6-17)35-15-29-20(13-25(35)37)19-12-18(27)8-9-21(19)36-14-23(28)32-34-36/h2-10,12-15,22H,11H2,1H3,(H,30,33,38). The van der Waals surface area contributed by atoms with Crippen LogP contribution in [-0.4, -0.2) is 40.6 Å². The number of benzene rings is 2. The lowest BCUT2D eigenvalue weighted by Gasteiger charge is -2.19. The molecular weight excluding hydrogens is 527 g/mol. The lowest BCUT2D eigenvalue weighted by atomic mass is 10.0. The van der Waals surface area contributed by atoms with Gasteiger partial charge in [0.15, 0.2) is 11.0 Å². The van der Waals surface area contributed by atoms with Crippen LogP contribution in [0.25, 0.3) is 16.9 Å². The van der Waals surface area contributed by atoms with Crippen molar-refractivity contribution in [2.24, 2.45) is 0 Å². The fraction of sp³-hybridized carbons (Fsp3) is 0.115. The summed E-state index contributed by atoms with van der Waals surface area (Å²) >= 11 is 12.2. The van der Waals surface area contributed by atoms with Gasteiger partial charge in [-0.05, 0) is 42.8 Å². The van der Waals surface area contributed by atoms with Crippen molar-refractivity contribution in [2.75, 3.05) is 5.32 Å². The Hall–Kier alpha value is -4.41. The number of anilines is 1. The number of hydrogen-bond donors (Lipinski definition) is 1. The lowest BCUT2D eigenvalue weighted by molar-refractivity contribution is -0.119. The first-order valence-corrected chi connectivity index (χ1v) is 12.2. The van der Waals surface area contributed by atoms with E-state index in [4.69, 9.17) is 23.2 Å². The molecule has 1 N–H and O–H groups in total. The zero-order chi connectivity index (χ0) is 26.6. The maximum Gasteiger partial charge on any atom is 0.254 e. The van der Waals surface area contributed by atoms with Crippen LogP contribution in [0.1, 0.15) is 17.3 Å². The molecule has 1 unspecified atom stereocenters. The monoisotopic (exact) mass is 546 g/mol. The smallest absolute Gasteiger partial charge is 0.254 e. The van der Waals surface area contributed by atoms with Gasteiger partial charge < -0.3 is 5.32 Å². The van der Waals surface area contributed by atoms with Gasteiger partial charge in [-0.1, -0.05) is 58.7 Å². The molecule has 0 saturated carbocycles. The van der Waals surface area contributed by atoms with E-state index in [1.165, 1.54) is 27.8 Å². The van der Waals surface area contributed by atoms with Crippen molar-refractivity contribution in [1.29, 1.82) is 0 Å². The average Bonchev–Trinajstić information content (AvgIpc) is 3.35. The number of nitrogens with one attached hydrogen (secondary N) is 1. The number of amides is 1. The molecule has 2 aromatic carbocycles. The molecule has 5 aromatic rings. The third kappa shape index (κ3) is 5.61. The van der Waals surface area contributed by atoms with Gasteiger partial charge in [-0.25, -0.2) is 9.67 Å². The molecule has 0 radical (unpaired) electrons. The lowest BCUT2D eigenvalue weighted by Crippen LogP contribution is -2.35. The Labute approximate surface area is 226 Å². The molecule has 0 saturated heterocycles. The van der Waals surface area contributed by atoms with E-state index in [2.05, 4.69) is 30.8 Å². The van der Waals surface area contributed by atoms with E-state index in [-0.39, 0.29) is 17.4 Å². The van der Waals surface area contributed by atoms with Crippen LogP contribution in [0.4, 0.5) is 5.82 Å². The Morgan fingerprint density at radius 2 is 1.82 bits per heavy atom. The van der Waals surface area contributed by atoms with Crippen LogP contribution < -0.4 is 10.9 Å². The molecule has 38 heavy (non-hydrogen) atoms. The number of halogens is 2. The molecule has 3 heterocycles. The van der Waals surface area contributed by atoms with Gasteiger partial charge >= 0.3 is 0 Å². The molecule has 1 amide bonds. The molecule has 0 aliphatic rings. The molecular formula is C26H20Cl2N8O2. The fourth-order valence-electron chi connectivity index (χ4n) is 3.90. The summed E-state index contributed by atoms with van der Waals surface area (Å²) in [6.07, 6.45) is 3.14. The van der Waals surface area contributed by atoms with Crippen molar-refractivity contribution >= 4 is 34.9 Å². The molecule has 12 heteroatoms. The van der Waals surface area contributed by atoms with Gasteiger partial charge in [0.2, 0.25) is 5.91 Å². The van der Waals surface area contributed by atoms with Crippen LogP contribution >= 0.6 is 23.2 Å². The number of hydrogen-bond acceptors (Lipinski definition) is 7. The molecule has 190 valence electrons. The van der Waals surface area contributed by atoms with Crippen molar-refractivity contribution in [3.05, 3.63) is 111 Å². The van der Waals surface area contributed by atoms with Crippen molar-refractivity contribution in [2.45, 2.75) is 19.4 Å². The summed E-state index contributed by atoms with van der Waals surface area (Å²) < 4.78 is 2.76. The number of aromatic nitrogens is 7. The highest BCUT2D eigenvalue weighted by Crippen LogP contribution is 2.28. The molecule has 0 aliphatic carbocycles. The van der Waals surface area contributed by atoms with Crippen LogP contribution in [0.3, 0.4) is 0 Å². The Morgan fingerprint density at radius 1 is 1.00 bits per heavy atom. The largest absolute Gasteiger partial charge is 0.307 e.